The van der Waals surface area contributed by atoms with E-state index in [1.54, 1.807) is 13.0 Å². The van der Waals surface area contributed by atoms with Crippen molar-refractivity contribution in [1.29, 1.82) is 0 Å². The molecule has 0 spiro atoms. The number of aromatic nitrogens is 2. The van der Waals surface area contributed by atoms with Crippen molar-refractivity contribution < 1.29 is 19.4 Å². The highest BCUT2D eigenvalue weighted by molar-refractivity contribution is 5.84. The van der Waals surface area contributed by atoms with Gasteiger partial charge in [-0.2, -0.15) is 10.2 Å². The lowest BCUT2D eigenvalue weighted by atomic mass is 10.0. The summed E-state index contributed by atoms with van der Waals surface area (Å²) in [5.41, 5.74) is 1.92. The zero-order chi connectivity index (χ0) is 14.0. The van der Waals surface area contributed by atoms with Gasteiger partial charge >= 0.3 is 5.97 Å². The number of nitrogens with zero attached hydrogens (tertiary/aromatic N) is 2. The van der Waals surface area contributed by atoms with Gasteiger partial charge in [0.05, 0.1) is 11.4 Å². The number of carboxylic acids is 1. The predicted molar refractivity (Wildman–Crippen MR) is 65.9 cm³/mol. The van der Waals surface area contributed by atoms with E-state index < -0.39 is 12.1 Å². The summed E-state index contributed by atoms with van der Waals surface area (Å²) in [6.07, 6.45) is -0.427. The van der Waals surface area contributed by atoms with Crippen molar-refractivity contribution in [3.63, 3.8) is 0 Å². The lowest BCUT2D eigenvalue weighted by molar-refractivity contribution is 0.0655. The Morgan fingerprint density at radius 1 is 1.42 bits per heavy atom. The summed E-state index contributed by atoms with van der Waals surface area (Å²) in [4.78, 5) is 10.8. The molecule has 0 aromatic carbocycles. The first-order valence-electron chi connectivity index (χ1n) is 5.87. The minimum Gasteiger partial charge on any atom is -0.475 e. The number of aryl methyl sites for hydroxylation is 2. The van der Waals surface area contributed by atoms with E-state index in [4.69, 9.17) is 9.52 Å². The number of aliphatic hydroxyl groups excluding tert-OH is 1. The molecule has 0 radical (unpaired) electrons. The maximum Gasteiger partial charge on any atom is 0.371 e. The second-order valence-electron chi connectivity index (χ2n) is 4.15. The van der Waals surface area contributed by atoms with Gasteiger partial charge in [0.25, 0.3) is 0 Å². The Kier molecular flexibility index (Phi) is 3.62. The lowest BCUT2D eigenvalue weighted by Gasteiger charge is -2.12. The number of carbonyl (C=O) groups is 1. The number of rotatable bonds is 4. The van der Waals surface area contributed by atoms with Crippen molar-refractivity contribution in [3.8, 4) is 0 Å². The summed E-state index contributed by atoms with van der Waals surface area (Å²) in [7, 11) is 0. The molecule has 1 atom stereocenters. The molecule has 0 saturated carbocycles. The van der Waals surface area contributed by atoms with Crippen molar-refractivity contribution in [2.75, 3.05) is 0 Å². The summed E-state index contributed by atoms with van der Waals surface area (Å²) in [5.74, 6) is -1.19. The highest BCUT2D eigenvalue weighted by Gasteiger charge is 2.20. The van der Waals surface area contributed by atoms with Crippen molar-refractivity contribution in [2.24, 2.45) is 0 Å². The Labute approximate surface area is 109 Å². The van der Waals surface area contributed by atoms with Crippen LogP contribution in [0, 0.1) is 6.92 Å². The molecule has 6 nitrogen and oxygen atoms in total. The molecule has 100 valence electrons. The summed E-state index contributed by atoms with van der Waals surface area (Å²) < 4.78 is 5.10. The van der Waals surface area contributed by atoms with Gasteiger partial charge in [0.2, 0.25) is 5.76 Å². The van der Waals surface area contributed by atoms with Gasteiger partial charge in [0.15, 0.2) is 0 Å². The Balaban J connectivity index is 2.39. The van der Waals surface area contributed by atoms with Gasteiger partial charge in [-0.3, -0.25) is 0 Å². The van der Waals surface area contributed by atoms with Crippen LogP contribution in [0.25, 0.3) is 0 Å². The van der Waals surface area contributed by atoms with E-state index in [1.165, 1.54) is 12.1 Å². The first kappa shape index (κ1) is 13.2. The highest BCUT2D eigenvalue weighted by atomic mass is 16.4. The largest absolute Gasteiger partial charge is 0.475 e. The molecule has 2 N–H and O–H groups in total. The molecule has 0 amide bonds. The topological polar surface area (TPSA) is 96.5 Å². The molecular weight excluding hydrogens is 248 g/mol. The summed E-state index contributed by atoms with van der Waals surface area (Å²) >= 11 is 0. The van der Waals surface area contributed by atoms with Crippen molar-refractivity contribution in [2.45, 2.75) is 26.4 Å². The van der Waals surface area contributed by atoms with Crippen molar-refractivity contribution in [1.82, 2.24) is 10.2 Å². The molecule has 19 heavy (non-hydrogen) atoms. The molecule has 1 unspecified atom stereocenters. The van der Waals surface area contributed by atoms with E-state index in [2.05, 4.69) is 10.2 Å². The van der Waals surface area contributed by atoms with Crippen LogP contribution in [0.3, 0.4) is 0 Å². The smallest absolute Gasteiger partial charge is 0.371 e. The van der Waals surface area contributed by atoms with Crippen LogP contribution in [0.2, 0.25) is 0 Å². The molecule has 2 heterocycles. The fourth-order valence-corrected chi connectivity index (χ4v) is 1.81. The summed E-state index contributed by atoms with van der Waals surface area (Å²) in [6, 6.07) is 4.48. The average Bonchev–Trinajstić information content (AvgIpc) is 2.87. The molecule has 0 aliphatic heterocycles. The van der Waals surface area contributed by atoms with E-state index in [-0.39, 0.29) is 11.5 Å². The van der Waals surface area contributed by atoms with Gasteiger partial charge in [-0.1, -0.05) is 6.92 Å². The number of aliphatic hydroxyl groups is 1. The molecule has 2 aromatic rings. The quantitative estimate of drug-likeness (QED) is 0.870. The third kappa shape index (κ3) is 2.63. The maximum atomic E-state index is 10.8. The zero-order valence-corrected chi connectivity index (χ0v) is 10.6. The monoisotopic (exact) mass is 262 g/mol. The molecule has 0 bridgehead atoms. The molecule has 0 fully saturated rings. The van der Waals surface area contributed by atoms with Crippen molar-refractivity contribution in [3.05, 3.63) is 46.7 Å². The number of hydrogen-bond acceptors (Lipinski definition) is 5. The highest BCUT2D eigenvalue weighted by Crippen LogP contribution is 2.26. The standard InChI is InChI=1S/C13H14N2O4/c1-3-9-8(6-7(2)14-15-9)12(16)10-4-5-11(19-10)13(17)18/h4-6,12,16H,3H2,1-2H3,(H,17,18). The predicted octanol–water partition coefficient (Wildman–Crippen LogP) is 1.72. The van der Waals surface area contributed by atoms with E-state index in [1.807, 2.05) is 6.92 Å². The minimum absolute atomic E-state index is 0.180. The molecular formula is C13H14N2O4. The Bertz CT molecular complexity index is 606. The van der Waals surface area contributed by atoms with Crippen LogP contribution in [0.15, 0.2) is 22.6 Å². The number of carboxylic acid groups (broad SMARTS) is 1. The van der Waals surface area contributed by atoms with Gasteiger partial charge in [-0.05, 0) is 31.5 Å². The molecule has 2 aromatic heterocycles. The Hall–Kier alpha value is -2.21. The third-order valence-electron chi connectivity index (χ3n) is 2.76. The van der Waals surface area contributed by atoms with Crippen LogP contribution in [0.1, 0.15) is 46.3 Å². The van der Waals surface area contributed by atoms with Crippen molar-refractivity contribution >= 4 is 5.97 Å². The SMILES string of the molecule is CCc1nnc(C)cc1C(O)c1ccc(C(=O)O)o1. The normalized spacial score (nSPS) is 12.4. The molecule has 0 aliphatic rings. The minimum atomic E-state index is -1.17. The van der Waals surface area contributed by atoms with Crippen LogP contribution in [-0.2, 0) is 6.42 Å². The fourth-order valence-electron chi connectivity index (χ4n) is 1.81. The summed E-state index contributed by atoms with van der Waals surface area (Å²) in [5, 5.41) is 27.0. The fraction of sp³-hybridized carbons (Fsp3) is 0.308. The number of hydrogen-bond donors (Lipinski definition) is 2. The maximum absolute atomic E-state index is 10.8. The second-order valence-corrected chi connectivity index (χ2v) is 4.15. The zero-order valence-electron chi connectivity index (χ0n) is 10.6. The van der Waals surface area contributed by atoms with Gasteiger partial charge in [0.1, 0.15) is 11.9 Å². The van der Waals surface area contributed by atoms with Crippen LogP contribution in [-0.4, -0.2) is 26.4 Å². The van der Waals surface area contributed by atoms with E-state index in [0.29, 0.717) is 23.4 Å². The van der Waals surface area contributed by atoms with Crippen LogP contribution in [0.5, 0.6) is 0 Å². The number of furan rings is 1. The Morgan fingerprint density at radius 3 is 2.74 bits per heavy atom. The molecule has 6 heteroatoms. The van der Waals surface area contributed by atoms with Gasteiger partial charge in [-0.25, -0.2) is 4.79 Å². The molecule has 0 saturated heterocycles. The van der Waals surface area contributed by atoms with E-state index >= 15 is 0 Å². The van der Waals surface area contributed by atoms with E-state index in [9.17, 15) is 9.90 Å². The number of aromatic carboxylic acids is 1. The van der Waals surface area contributed by atoms with E-state index in [0.717, 1.165) is 0 Å². The van der Waals surface area contributed by atoms with Gasteiger partial charge < -0.3 is 14.6 Å². The van der Waals surface area contributed by atoms with Gasteiger partial charge in [-0.15, -0.1) is 0 Å². The Morgan fingerprint density at radius 2 is 2.16 bits per heavy atom. The third-order valence-corrected chi connectivity index (χ3v) is 2.76. The van der Waals surface area contributed by atoms with Crippen LogP contribution < -0.4 is 0 Å². The second kappa shape index (κ2) is 5.19. The van der Waals surface area contributed by atoms with Gasteiger partial charge in [0, 0.05) is 5.56 Å². The summed E-state index contributed by atoms with van der Waals surface area (Å²) in [6.45, 7) is 3.67. The first-order valence-corrected chi connectivity index (χ1v) is 5.87. The van der Waals surface area contributed by atoms with Crippen LogP contribution in [0.4, 0.5) is 0 Å². The average molecular weight is 262 g/mol. The molecule has 0 aliphatic carbocycles. The molecule has 2 rings (SSSR count). The lowest BCUT2D eigenvalue weighted by Crippen LogP contribution is -2.07. The first-order chi connectivity index (χ1) is 9.02. The van der Waals surface area contributed by atoms with Crippen LogP contribution >= 0.6 is 0 Å².